The highest BCUT2D eigenvalue weighted by molar-refractivity contribution is 6.04. The van der Waals surface area contributed by atoms with Gasteiger partial charge in [0.2, 0.25) is 5.91 Å². The van der Waals surface area contributed by atoms with Crippen LogP contribution < -0.4 is 0 Å². The lowest BCUT2D eigenvalue weighted by Gasteiger charge is -2.32. The molecule has 36 heavy (non-hydrogen) atoms. The first-order chi connectivity index (χ1) is 17.5. The zero-order valence-corrected chi connectivity index (χ0v) is 20.7. The summed E-state index contributed by atoms with van der Waals surface area (Å²) in [5, 5.41) is 0. The monoisotopic (exact) mass is 482 g/mol. The number of amides is 1. The number of hydrogen-bond acceptors (Lipinski definition) is 7. The van der Waals surface area contributed by atoms with E-state index in [0.29, 0.717) is 30.9 Å². The molecule has 1 aliphatic carbocycles. The van der Waals surface area contributed by atoms with Crippen molar-refractivity contribution in [1.29, 1.82) is 0 Å². The van der Waals surface area contributed by atoms with Gasteiger partial charge in [-0.1, -0.05) is 18.2 Å². The first kappa shape index (κ1) is 23.9. The van der Waals surface area contributed by atoms with E-state index >= 15 is 0 Å². The Hall–Kier alpha value is -3.78. The number of nitrogens with zero attached hydrogens (tertiary/aromatic N) is 6. The predicted octanol–water partition coefficient (Wildman–Crippen LogP) is 3.39. The van der Waals surface area contributed by atoms with Crippen LogP contribution in [-0.2, 0) is 11.2 Å². The molecule has 0 radical (unpaired) electrons. The van der Waals surface area contributed by atoms with Crippen LogP contribution in [0.4, 0.5) is 0 Å². The minimum Gasteiger partial charge on any atom is -0.342 e. The lowest BCUT2D eigenvalue weighted by Crippen LogP contribution is -2.42. The second-order valence-electron chi connectivity index (χ2n) is 9.74. The van der Waals surface area contributed by atoms with E-state index in [-0.39, 0.29) is 11.7 Å². The van der Waals surface area contributed by atoms with Gasteiger partial charge < -0.3 is 9.80 Å². The number of carbonyl (C=O) groups excluding carboxylic acids is 2. The number of hydrogen-bond donors (Lipinski definition) is 0. The van der Waals surface area contributed by atoms with E-state index in [4.69, 9.17) is 9.97 Å². The van der Waals surface area contributed by atoms with E-state index in [1.54, 1.807) is 12.4 Å². The van der Waals surface area contributed by atoms with Gasteiger partial charge in [-0.25, -0.2) is 9.97 Å². The Labute approximate surface area is 211 Å². The van der Waals surface area contributed by atoms with Crippen LogP contribution in [0.25, 0.3) is 17.3 Å². The number of allylic oxidation sites excluding steroid dienone is 1. The zero-order chi connectivity index (χ0) is 25.1. The molecule has 3 aromatic rings. The van der Waals surface area contributed by atoms with Gasteiger partial charge in [0.15, 0.2) is 5.78 Å². The smallest absolute Gasteiger partial charge is 0.236 e. The first-order valence-electron chi connectivity index (χ1n) is 12.3. The second-order valence-corrected chi connectivity index (χ2v) is 9.74. The Bertz CT molecular complexity index is 1280. The van der Waals surface area contributed by atoms with Crippen LogP contribution in [0, 0.1) is 0 Å². The van der Waals surface area contributed by atoms with Gasteiger partial charge in [-0.2, -0.15) is 0 Å². The van der Waals surface area contributed by atoms with Gasteiger partial charge in [-0.3, -0.25) is 19.6 Å². The summed E-state index contributed by atoms with van der Waals surface area (Å²) in [7, 11) is 3.83. The van der Waals surface area contributed by atoms with Crippen LogP contribution in [0.2, 0.25) is 0 Å². The van der Waals surface area contributed by atoms with Gasteiger partial charge in [0, 0.05) is 67.3 Å². The van der Waals surface area contributed by atoms with Crippen molar-refractivity contribution in [2.75, 3.05) is 33.7 Å². The van der Waals surface area contributed by atoms with Crippen molar-refractivity contribution in [3.63, 3.8) is 0 Å². The standard InChI is InChI=1S/C28H30N6O2/c1-33(2)17-27(36)34-10-8-20(9-11-34)23-7-6-19(14-31-23)12-25-28-21(4-3-5-26(28)35)13-24(32-25)22-15-29-18-30-16-22/h3-4,6-7,13-16,18,20H,5,8-12,17H2,1-2H3. The van der Waals surface area contributed by atoms with Crippen molar-refractivity contribution in [3.8, 4) is 11.3 Å². The molecule has 1 fully saturated rings. The summed E-state index contributed by atoms with van der Waals surface area (Å²) in [6, 6.07) is 6.10. The molecule has 1 aliphatic heterocycles. The number of aromatic nitrogens is 4. The van der Waals surface area contributed by atoms with Crippen LogP contribution >= 0.6 is 0 Å². The van der Waals surface area contributed by atoms with Gasteiger partial charge in [-0.05, 0) is 50.2 Å². The predicted molar refractivity (Wildman–Crippen MR) is 137 cm³/mol. The van der Waals surface area contributed by atoms with Crippen LogP contribution in [0.5, 0.6) is 0 Å². The summed E-state index contributed by atoms with van der Waals surface area (Å²) in [6.45, 7) is 1.98. The maximum atomic E-state index is 12.8. The molecule has 1 saturated heterocycles. The minimum absolute atomic E-state index is 0.0889. The van der Waals surface area contributed by atoms with Crippen molar-refractivity contribution in [2.24, 2.45) is 0 Å². The summed E-state index contributed by atoms with van der Waals surface area (Å²) in [5.41, 5.74) is 5.97. The number of piperidine rings is 1. The highest BCUT2D eigenvalue weighted by atomic mass is 16.2. The zero-order valence-electron chi connectivity index (χ0n) is 20.7. The minimum atomic E-state index is 0.0889. The van der Waals surface area contributed by atoms with E-state index in [1.165, 1.54) is 6.33 Å². The molecule has 3 aromatic heterocycles. The molecule has 8 heteroatoms. The number of likely N-dealkylation sites (N-methyl/N-ethyl adjacent to an activating group) is 1. The number of ketones is 1. The molecular weight excluding hydrogens is 452 g/mol. The maximum Gasteiger partial charge on any atom is 0.236 e. The van der Waals surface area contributed by atoms with Crippen LogP contribution in [0.1, 0.15) is 58.1 Å². The quantitative estimate of drug-likeness (QED) is 0.532. The Morgan fingerprint density at radius 3 is 2.58 bits per heavy atom. The summed E-state index contributed by atoms with van der Waals surface area (Å²) >= 11 is 0. The Kier molecular flexibility index (Phi) is 6.95. The van der Waals surface area contributed by atoms with Crippen molar-refractivity contribution in [2.45, 2.75) is 31.6 Å². The van der Waals surface area contributed by atoms with Gasteiger partial charge >= 0.3 is 0 Å². The molecule has 2 aliphatic rings. The molecular formula is C28H30N6O2. The number of rotatable bonds is 6. The van der Waals surface area contributed by atoms with Gasteiger partial charge in [0.1, 0.15) is 6.33 Å². The third kappa shape index (κ3) is 5.23. The summed E-state index contributed by atoms with van der Waals surface area (Å²) < 4.78 is 0. The average molecular weight is 483 g/mol. The van der Waals surface area contributed by atoms with Gasteiger partial charge in [-0.15, -0.1) is 0 Å². The number of fused-ring (bicyclic) bond motifs is 1. The summed E-state index contributed by atoms with van der Waals surface area (Å²) in [6.07, 6.45) is 13.5. The van der Waals surface area contributed by atoms with E-state index < -0.39 is 0 Å². The first-order valence-corrected chi connectivity index (χ1v) is 12.3. The number of carbonyl (C=O) groups is 2. The van der Waals surface area contributed by atoms with E-state index in [9.17, 15) is 9.59 Å². The highest BCUT2D eigenvalue weighted by Gasteiger charge is 2.25. The van der Waals surface area contributed by atoms with Crippen molar-refractivity contribution in [1.82, 2.24) is 29.7 Å². The summed E-state index contributed by atoms with van der Waals surface area (Å²) in [4.78, 5) is 46.8. The molecule has 5 rings (SSSR count). The van der Waals surface area contributed by atoms with E-state index in [0.717, 1.165) is 59.7 Å². The fraction of sp³-hybridized carbons (Fsp3) is 0.357. The van der Waals surface area contributed by atoms with Gasteiger partial charge in [0.05, 0.1) is 17.9 Å². The fourth-order valence-electron chi connectivity index (χ4n) is 4.95. The molecule has 4 heterocycles. The SMILES string of the molecule is CN(C)CC(=O)N1CCC(c2ccc(Cc3nc(-c4cncnc4)cc4c3C(=O)CC=C4)cn2)CC1. The molecule has 0 bridgehead atoms. The van der Waals surface area contributed by atoms with E-state index in [1.807, 2.05) is 48.3 Å². The molecule has 0 N–H and O–H groups in total. The number of likely N-dealkylation sites (tertiary alicyclic amines) is 1. The van der Waals surface area contributed by atoms with Crippen molar-refractivity contribution in [3.05, 3.63) is 77.3 Å². The van der Waals surface area contributed by atoms with Crippen LogP contribution in [-0.4, -0.2) is 75.2 Å². The second kappa shape index (κ2) is 10.5. The fourth-order valence-corrected chi connectivity index (χ4v) is 4.95. The Morgan fingerprint density at radius 2 is 1.89 bits per heavy atom. The molecule has 0 atom stereocenters. The van der Waals surface area contributed by atoms with Crippen LogP contribution in [0.15, 0.2) is 49.2 Å². The Balaban J connectivity index is 1.33. The lowest BCUT2D eigenvalue weighted by molar-refractivity contribution is -0.132. The molecule has 184 valence electrons. The molecule has 0 aromatic carbocycles. The normalized spacial score (nSPS) is 15.9. The van der Waals surface area contributed by atoms with Gasteiger partial charge in [0.25, 0.3) is 0 Å². The molecule has 0 spiro atoms. The number of Topliss-reactive ketones (excluding diaryl/α,β-unsaturated/α-hetero) is 1. The topological polar surface area (TPSA) is 92.2 Å². The number of pyridine rings is 2. The molecule has 0 unspecified atom stereocenters. The third-order valence-corrected chi connectivity index (χ3v) is 6.80. The Morgan fingerprint density at radius 1 is 1.11 bits per heavy atom. The molecule has 8 nitrogen and oxygen atoms in total. The van der Waals surface area contributed by atoms with Crippen molar-refractivity contribution >= 4 is 17.8 Å². The van der Waals surface area contributed by atoms with Crippen LogP contribution in [0.3, 0.4) is 0 Å². The largest absolute Gasteiger partial charge is 0.342 e. The summed E-state index contributed by atoms with van der Waals surface area (Å²) in [5.74, 6) is 0.624. The molecule has 0 saturated carbocycles. The lowest BCUT2D eigenvalue weighted by atomic mass is 9.90. The maximum absolute atomic E-state index is 12.8. The molecule has 1 amide bonds. The van der Waals surface area contributed by atoms with E-state index in [2.05, 4.69) is 22.1 Å². The third-order valence-electron chi connectivity index (χ3n) is 6.80. The van der Waals surface area contributed by atoms with Crippen molar-refractivity contribution < 1.29 is 9.59 Å². The average Bonchev–Trinajstić information content (AvgIpc) is 2.89. The highest BCUT2D eigenvalue weighted by Crippen LogP contribution is 2.30.